The zero-order valence-corrected chi connectivity index (χ0v) is 20.0. The second-order valence-electron chi connectivity index (χ2n) is 7.98. The first-order valence-electron chi connectivity index (χ1n) is 10.9. The van der Waals surface area contributed by atoms with E-state index in [2.05, 4.69) is 10.1 Å². The number of hydrogen-bond acceptors (Lipinski definition) is 5. The molecule has 12 heteroatoms. The van der Waals surface area contributed by atoms with Crippen LogP contribution in [0.15, 0.2) is 42.5 Å². The van der Waals surface area contributed by atoms with Crippen LogP contribution in [0, 0.1) is 0 Å². The predicted octanol–water partition coefficient (Wildman–Crippen LogP) is 4.80. The van der Waals surface area contributed by atoms with Crippen molar-refractivity contribution >= 4 is 17.3 Å². The van der Waals surface area contributed by atoms with E-state index in [4.69, 9.17) is 4.74 Å². The molecule has 0 atom stereocenters. The van der Waals surface area contributed by atoms with Crippen molar-refractivity contribution < 1.29 is 45.7 Å². The van der Waals surface area contributed by atoms with Gasteiger partial charge in [0.2, 0.25) is 5.91 Å². The summed E-state index contributed by atoms with van der Waals surface area (Å²) in [5.74, 6) is -0.305. The van der Waals surface area contributed by atoms with Gasteiger partial charge in [-0.2, -0.15) is 26.3 Å². The van der Waals surface area contributed by atoms with Gasteiger partial charge in [0.05, 0.1) is 0 Å². The largest absolute Gasteiger partial charge is 0.430 e. The van der Waals surface area contributed by atoms with Gasteiger partial charge in [0, 0.05) is 50.9 Å². The number of carbonyl (C=O) groups is 1. The van der Waals surface area contributed by atoms with Gasteiger partial charge in [-0.05, 0) is 42.7 Å². The number of benzene rings is 2. The molecule has 0 saturated heterocycles. The molecule has 0 aliphatic carbocycles. The Morgan fingerprint density at radius 3 is 2.08 bits per heavy atom. The van der Waals surface area contributed by atoms with Crippen LogP contribution in [0.3, 0.4) is 0 Å². The summed E-state index contributed by atoms with van der Waals surface area (Å²) in [7, 11) is 3.08. The lowest BCUT2D eigenvalue weighted by Gasteiger charge is -2.32. The number of ether oxygens (including phenoxy) is 2. The maximum Gasteiger partial charge on any atom is 0.430 e. The van der Waals surface area contributed by atoms with Crippen LogP contribution in [0.5, 0.6) is 0 Å². The summed E-state index contributed by atoms with van der Waals surface area (Å²) in [6.07, 6.45) is -11.2. The minimum absolute atomic E-state index is 0.0863. The summed E-state index contributed by atoms with van der Waals surface area (Å²) in [4.78, 5) is 13.6. The Bertz CT molecular complexity index is 993. The number of alkyl halides is 6. The molecule has 0 aromatic heterocycles. The molecule has 0 bridgehead atoms. The number of anilines is 2. The number of methoxy groups -OCH3 is 2. The molecular formula is C24H28F6N2O4. The van der Waals surface area contributed by atoms with Gasteiger partial charge in [0.15, 0.2) is 0 Å². The average Bonchev–Trinajstić information content (AvgIpc) is 3.19. The molecule has 2 N–H and O–H groups in total. The van der Waals surface area contributed by atoms with Crippen LogP contribution in [-0.4, -0.2) is 57.3 Å². The van der Waals surface area contributed by atoms with Crippen molar-refractivity contribution in [3.8, 4) is 0 Å². The Kier molecular flexibility index (Phi) is 9.75. The lowest BCUT2D eigenvalue weighted by atomic mass is 9.91. The Morgan fingerprint density at radius 2 is 1.58 bits per heavy atom. The molecule has 1 aliphatic rings. The fourth-order valence-electron chi connectivity index (χ4n) is 3.60. The predicted molar refractivity (Wildman–Crippen MR) is 122 cm³/mol. The van der Waals surface area contributed by atoms with Crippen LogP contribution < -0.4 is 10.2 Å². The van der Waals surface area contributed by atoms with Crippen molar-refractivity contribution in [1.29, 1.82) is 0 Å². The number of amides is 1. The molecule has 1 amide bonds. The molecule has 36 heavy (non-hydrogen) atoms. The third-order valence-electron chi connectivity index (χ3n) is 5.48. The van der Waals surface area contributed by atoms with Gasteiger partial charge in [-0.15, -0.1) is 0 Å². The Hall–Kier alpha value is -2.83. The lowest BCUT2D eigenvalue weighted by molar-refractivity contribution is -0.376. The van der Waals surface area contributed by atoms with Crippen molar-refractivity contribution in [1.82, 2.24) is 0 Å². The van der Waals surface area contributed by atoms with Crippen molar-refractivity contribution in [2.75, 3.05) is 44.2 Å². The number of nitrogens with one attached hydrogen (secondary N) is 1. The quantitative estimate of drug-likeness (QED) is 0.512. The molecule has 0 saturated carbocycles. The molecule has 200 valence electrons. The SMILES string of the molecule is CCOC.COCC(=O)Nc1ccc2c(c1)CCN2Cc1ccc(C(O)(C(F)(F)F)C(F)(F)F)cc1. The lowest BCUT2D eigenvalue weighted by Crippen LogP contribution is -2.53. The molecule has 6 nitrogen and oxygen atoms in total. The third kappa shape index (κ3) is 6.68. The van der Waals surface area contributed by atoms with Crippen LogP contribution in [0.25, 0.3) is 0 Å². The number of carbonyl (C=O) groups excluding carboxylic acids is 1. The van der Waals surface area contributed by atoms with Gasteiger partial charge in [-0.25, -0.2) is 0 Å². The van der Waals surface area contributed by atoms with Crippen LogP contribution >= 0.6 is 0 Å². The maximum absolute atomic E-state index is 13.0. The Labute approximate surface area is 204 Å². The molecular weight excluding hydrogens is 494 g/mol. The molecule has 2 aromatic rings. The standard InChI is InChI=1S/C21H20F6N2O3.C3H8O/c1-32-12-18(30)28-16-6-7-17-14(10-16)8-9-29(17)11-13-2-4-15(5-3-13)19(31,20(22,23)24)21(25,26)27;1-3-4-2/h2-7,10,31H,8-9,11-12H2,1H3,(H,28,30);3H2,1-2H3. The van der Waals surface area contributed by atoms with Crippen molar-refractivity contribution in [2.45, 2.75) is 37.8 Å². The van der Waals surface area contributed by atoms with Gasteiger partial charge in [-0.1, -0.05) is 24.3 Å². The van der Waals surface area contributed by atoms with Gasteiger partial charge in [-0.3, -0.25) is 4.79 Å². The number of halogens is 6. The molecule has 1 heterocycles. The Balaban J connectivity index is 0.00000106. The molecule has 0 spiro atoms. The number of rotatable bonds is 7. The third-order valence-corrected chi connectivity index (χ3v) is 5.48. The fraction of sp³-hybridized carbons (Fsp3) is 0.458. The number of aliphatic hydroxyl groups is 1. The van der Waals surface area contributed by atoms with Crippen molar-refractivity contribution in [3.05, 3.63) is 59.2 Å². The second kappa shape index (κ2) is 11.9. The summed E-state index contributed by atoms with van der Waals surface area (Å²) < 4.78 is 87.4. The number of fused-ring (bicyclic) bond motifs is 1. The van der Waals surface area contributed by atoms with Crippen LogP contribution in [0.1, 0.15) is 23.6 Å². The smallest absolute Gasteiger partial charge is 0.385 e. The van der Waals surface area contributed by atoms with E-state index in [0.717, 1.165) is 30.0 Å². The zero-order valence-electron chi connectivity index (χ0n) is 20.0. The van der Waals surface area contributed by atoms with Gasteiger partial charge < -0.3 is 24.8 Å². The fourth-order valence-corrected chi connectivity index (χ4v) is 3.60. The van der Waals surface area contributed by atoms with Gasteiger partial charge in [0.25, 0.3) is 5.60 Å². The number of nitrogens with zero attached hydrogens (tertiary/aromatic N) is 1. The summed E-state index contributed by atoms with van der Waals surface area (Å²) in [6, 6.07) is 8.83. The maximum atomic E-state index is 13.0. The second-order valence-corrected chi connectivity index (χ2v) is 7.98. The zero-order chi connectivity index (χ0) is 27.1. The Morgan fingerprint density at radius 1 is 1.00 bits per heavy atom. The first-order valence-corrected chi connectivity index (χ1v) is 10.9. The van der Waals surface area contributed by atoms with Crippen molar-refractivity contribution in [2.24, 2.45) is 0 Å². The minimum atomic E-state index is -5.92. The van der Waals surface area contributed by atoms with Crippen LogP contribution in [0.4, 0.5) is 37.7 Å². The first kappa shape index (κ1) is 29.4. The van der Waals surface area contributed by atoms with Gasteiger partial charge in [0.1, 0.15) is 6.61 Å². The van der Waals surface area contributed by atoms with Crippen molar-refractivity contribution in [3.63, 3.8) is 0 Å². The van der Waals surface area contributed by atoms with E-state index >= 15 is 0 Å². The van der Waals surface area contributed by atoms with Gasteiger partial charge >= 0.3 is 12.4 Å². The topological polar surface area (TPSA) is 71.0 Å². The van der Waals surface area contributed by atoms with E-state index in [-0.39, 0.29) is 19.1 Å². The normalized spacial score (nSPS) is 13.7. The van der Waals surface area contributed by atoms with E-state index in [9.17, 15) is 36.2 Å². The molecule has 1 aliphatic heterocycles. The highest BCUT2D eigenvalue weighted by molar-refractivity contribution is 5.92. The minimum Gasteiger partial charge on any atom is -0.385 e. The highest BCUT2D eigenvalue weighted by Gasteiger charge is 2.71. The van der Waals surface area contributed by atoms with Crippen LogP contribution in [-0.2, 0) is 32.8 Å². The highest BCUT2D eigenvalue weighted by atomic mass is 19.4. The van der Waals surface area contributed by atoms with E-state index < -0.39 is 23.5 Å². The molecule has 0 radical (unpaired) electrons. The van der Waals surface area contributed by atoms with E-state index in [1.54, 1.807) is 25.3 Å². The van der Waals surface area contributed by atoms with E-state index in [1.807, 2.05) is 11.8 Å². The van der Waals surface area contributed by atoms with E-state index in [0.29, 0.717) is 36.3 Å². The summed E-state index contributed by atoms with van der Waals surface area (Å²) in [5.41, 5.74) is -3.37. The average molecular weight is 522 g/mol. The molecule has 3 rings (SSSR count). The van der Waals surface area contributed by atoms with E-state index in [1.165, 1.54) is 7.11 Å². The highest BCUT2D eigenvalue weighted by Crippen LogP contribution is 2.50. The number of hydrogen-bond donors (Lipinski definition) is 2. The first-order chi connectivity index (χ1) is 16.8. The molecule has 0 fully saturated rings. The molecule has 2 aromatic carbocycles. The molecule has 0 unspecified atom stereocenters. The summed E-state index contributed by atoms with van der Waals surface area (Å²) in [5, 5.41) is 12.2. The monoisotopic (exact) mass is 522 g/mol. The summed E-state index contributed by atoms with van der Waals surface area (Å²) in [6.45, 7) is 3.53. The van der Waals surface area contributed by atoms with Crippen LogP contribution in [0.2, 0.25) is 0 Å². The summed E-state index contributed by atoms with van der Waals surface area (Å²) >= 11 is 0.